The van der Waals surface area contributed by atoms with Crippen molar-refractivity contribution in [1.29, 1.82) is 0 Å². The summed E-state index contributed by atoms with van der Waals surface area (Å²) < 4.78 is 10.8. The van der Waals surface area contributed by atoms with Crippen molar-refractivity contribution in [3.8, 4) is 11.5 Å². The number of hydrogen-bond donors (Lipinski definition) is 1. The van der Waals surface area contributed by atoms with Crippen molar-refractivity contribution in [2.75, 3.05) is 7.11 Å². The van der Waals surface area contributed by atoms with Crippen LogP contribution < -0.4 is 5.73 Å². The fourth-order valence-corrected chi connectivity index (χ4v) is 2.21. The molecule has 3 rings (SSSR count). The van der Waals surface area contributed by atoms with Crippen LogP contribution in [0, 0.1) is 5.92 Å². The van der Waals surface area contributed by atoms with Crippen LogP contribution in [0.15, 0.2) is 28.8 Å². The smallest absolute Gasteiger partial charge is 0.258 e. The predicted octanol–water partition coefficient (Wildman–Crippen LogP) is 2.29. The van der Waals surface area contributed by atoms with Crippen LogP contribution >= 0.6 is 0 Å². The quantitative estimate of drug-likeness (QED) is 0.891. The number of nitrogens with two attached hydrogens (primary N) is 1. The van der Waals surface area contributed by atoms with Gasteiger partial charge in [0.25, 0.3) is 5.89 Å². The van der Waals surface area contributed by atoms with E-state index in [9.17, 15) is 0 Å². The first-order chi connectivity index (χ1) is 9.31. The number of hydrogen-bond acceptors (Lipinski definition) is 5. The van der Waals surface area contributed by atoms with Gasteiger partial charge in [-0.1, -0.05) is 17.3 Å². The van der Waals surface area contributed by atoms with E-state index < -0.39 is 0 Å². The van der Waals surface area contributed by atoms with E-state index in [2.05, 4.69) is 10.1 Å². The zero-order valence-corrected chi connectivity index (χ0v) is 10.9. The number of nitrogens with zero attached hydrogens (tertiary/aromatic N) is 2. The van der Waals surface area contributed by atoms with Crippen LogP contribution in [0.3, 0.4) is 0 Å². The first-order valence-corrected chi connectivity index (χ1v) is 6.47. The highest BCUT2D eigenvalue weighted by Crippen LogP contribution is 2.42. The minimum absolute atomic E-state index is 0.0461. The molecule has 1 saturated carbocycles. The Morgan fingerprint density at radius 3 is 3.00 bits per heavy atom. The molecule has 1 unspecified atom stereocenters. The Labute approximate surface area is 111 Å². The van der Waals surface area contributed by atoms with Gasteiger partial charge in [0.1, 0.15) is 6.10 Å². The van der Waals surface area contributed by atoms with E-state index in [1.807, 2.05) is 24.3 Å². The number of methoxy groups -OCH3 is 1. The predicted molar refractivity (Wildman–Crippen MR) is 70.1 cm³/mol. The summed E-state index contributed by atoms with van der Waals surface area (Å²) in [6.07, 6.45) is 2.30. The van der Waals surface area contributed by atoms with Crippen molar-refractivity contribution in [2.45, 2.75) is 25.5 Å². The normalized spacial score (nSPS) is 16.5. The molecule has 100 valence electrons. The van der Waals surface area contributed by atoms with E-state index in [0.29, 0.717) is 24.2 Å². The molecule has 1 atom stereocenters. The van der Waals surface area contributed by atoms with Crippen molar-refractivity contribution in [3.63, 3.8) is 0 Å². The van der Waals surface area contributed by atoms with E-state index in [-0.39, 0.29) is 6.10 Å². The van der Waals surface area contributed by atoms with E-state index in [0.717, 1.165) is 11.1 Å². The fourth-order valence-electron chi connectivity index (χ4n) is 2.21. The highest BCUT2D eigenvalue weighted by Gasteiger charge is 2.35. The van der Waals surface area contributed by atoms with Gasteiger partial charge in [-0.2, -0.15) is 4.98 Å². The van der Waals surface area contributed by atoms with Crippen molar-refractivity contribution in [2.24, 2.45) is 11.7 Å². The van der Waals surface area contributed by atoms with Crippen LogP contribution in [0.5, 0.6) is 0 Å². The van der Waals surface area contributed by atoms with Crippen molar-refractivity contribution >= 4 is 0 Å². The third-order valence-electron chi connectivity index (χ3n) is 3.41. The second-order valence-electron chi connectivity index (χ2n) is 4.86. The van der Waals surface area contributed by atoms with Gasteiger partial charge in [0.15, 0.2) is 0 Å². The average Bonchev–Trinajstić information content (AvgIpc) is 3.17. The lowest BCUT2D eigenvalue weighted by Gasteiger charge is -2.08. The van der Waals surface area contributed by atoms with Gasteiger partial charge in [-0.15, -0.1) is 0 Å². The van der Waals surface area contributed by atoms with Crippen LogP contribution in [0.4, 0.5) is 0 Å². The van der Waals surface area contributed by atoms with Crippen LogP contribution in [0.2, 0.25) is 0 Å². The molecule has 5 heteroatoms. The van der Waals surface area contributed by atoms with Crippen LogP contribution in [0.1, 0.15) is 30.3 Å². The topological polar surface area (TPSA) is 74.2 Å². The SMILES string of the molecule is COC(c1noc(-c2cccc(CN)c2)n1)C1CC1. The molecule has 0 radical (unpaired) electrons. The van der Waals surface area contributed by atoms with Gasteiger partial charge in [0.05, 0.1) is 0 Å². The maximum Gasteiger partial charge on any atom is 0.258 e. The van der Waals surface area contributed by atoms with Gasteiger partial charge in [-0.05, 0) is 36.5 Å². The molecule has 1 aromatic heterocycles. The lowest BCUT2D eigenvalue weighted by Crippen LogP contribution is -2.05. The molecule has 1 heterocycles. The number of rotatable bonds is 5. The van der Waals surface area contributed by atoms with E-state index in [1.54, 1.807) is 7.11 Å². The Kier molecular flexibility index (Phi) is 3.31. The monoisotopic (exact) mass is 259 g/mol. The lowest BCUT2D eigenvalue weighted by molar-refractivity contribution is 0.0751. The summed E-state index contributed by atoms with van der Waals surface area (Å²) in [7, 11) is 1.69. The molecule has 0 bridgehead atoms. The van der Waals surface area contributed by atoms with Crippen LogP contribution in [-0.4, -0.2) is 17.3 Å². The molecule has 2 N–H and O–H groups in total. The Hall–Kier alpha value is -1.72. The summed E-state index contributed by atoms with van der Waals surface area (Å²) in [5.41, 5.74) is 7.57. The average molecular weight is 259 g/mol. The fraction of sp³-hybridized carbons (Fsp3) is 0.429. The molecule has 0 saturated heterocycles. The molecule has 19 heavy (non-hydrogen) atoms. The molecule has 1 aromatic carbocycles. The summed E-state index contributed by atoms with van der Waals surface area (Å²) in [6, 6.07) is 7.82. The summed E-state index contributed by atoms with van der Waals surface area (Å²) in [6.45, 7) is 0.498. The Balaban J connectivity index is 1.87. The van der Waals surface area contributed by atoms with Crippen molar-refractivity contribution in [1.82, 2.24) is 10.1 Å². The minimum atomic E-state index is -0.0461. The van der Waals surface area contributed by atoms with E-state index in [4.69, 9.17) is 15.0 Å². The van der Waals surface area contributed by atoms with Crippen LogP contribution in [0.25, 0.3) is 11.5 Å². The molecular weight excluding hydrogens is 242 g/mol. The molecule has 0 amide bonds. The summed E-state index contributed by atoms with van der Waals surface area (Å²) in [4.78, 5) is 4.44. The lowest BCUT2D eigenvalue weighted by atomic mass is 10.1. The van der Waals surface area contributed by atoms with Gasteiger partial charge < -0.3 is 15.0 Å². The Morgan fingerprint density at radius 2 is 2.32 bits per heavy atom. The Bertz CT molecular complexity index is 563. The molecule has 1 fully saturated rings. The highest BCUT2D eigenvalue weighted by molar-refractivity contribution is 5.54. The van der Waals surface area contributed by atoms with E-state index in [1.165, 1.54) is 12.8 Å². The summed E-state index contributed by atoms with van der Waals surface area (Å²) in [5.74, 6) is 1.69. The molecule has 2 aromatic rings. The third kappa shape index (κ3) is 2.52. The zero-order chi connectivity index (χ0) is 13.2. The van der Waals surface area contributed by atoms with Gasteiger partial charge in [0.2, 0.25) is 5.82 Å². The zero-order valence-electron chi connectivity index (χ0n) is 10.9. The Morgan fingerprint density at radius 1 is 1.47 bits per heavy atom. The molecular formula is C14H17N3O2. The van der Waals surface area contributed by atoms with Gasteiger partial charge >= 0.3 is 0 Å². The molecule has 1 aliphatic rings. The summed E-state index contributed by atoms with van der Waals surface area (Å²) >= 11 is 0. The van der Waals surface area contributed by atoms with Crippen LogP contribution in [-0.2, 0) is 11.3 Å². The molecule has 0 spiro atoms. The third-order valence-corrected chi connectivity index (χ3v) is 3.41. The van der Waals surface area contributed by atoms with Crippen molar-refractivity contribution in [3.05, 3.63) is 35.7 Å². The second-order valence-corrected chi connectivity index (χ2v) is 4.86. The second kappa shape index (κ2) is 5.11. The van der Waals surface area contributed by atoms with Gasteiger partial charge in [-0.25, -0.2) is 0 Å². The largest absolute Gasteiger partial charge is 0.373 e. The molecule has 0 aliphatic heterocycles. The summed E-state index contributed by atoms with van der Waals surface area (Å²) in [5, 5.41) is 4.04. The first-order valence-electron chi connectivity index (χ1n) is 6.47. The number of ether oxygens (including phenoxy) is 1. The maximum atomic E-state index is 5.63. The highest BCUT2D eigenvalue weighted by atomic mass is 16.5. The number of benzene rings is 1. The van der Waals surface area contributed by atoms with Gasteiger partial charge in [0, 0.05) is 19.2 Å². The van der Waals surface area contributed by atoms with Gasteiger partial charge in [-0.3, -0.25) is 0 Å². The first kappa shape index (κ1) is 12.3. The maximum absolute atomic E-state index is 5.63. The minimum Gasteiger partial charge on any atom is -0.373 e. The molecule has 1 aliphatic carbocycles. The standard InChI is InChI=1S/C14H17N3O2/c1-18-12(10-5-6-10)13-16-14(19-17-13)11-4-2-3-9(7-11)8-15/h2-4,7,10,12H,5-6,8,15H2,1H3. The van der Waals surface area contributed by atoms with Crippen molar-refractivity contribution < 1.29 is 9.26 Å². The van der Waals surface area contributed by atoms with E-state index >= 15 is 0 Å². The number of aromatic nitrogens is 2. The molecule has 5 nitrogen and oxygen atoms in total.